The molecule has 0 atom stereocenters. The maximum atomic E-state index is 8.62. The zero-order valence-corrected chi connectivity index (χ0v) is 12.9. The van der Waals surface area contributed by atoms with Crippen LogP contribution in [0.1, 0.15) is 39.7 Å². The Balaban J connectivity index is 2.86. The molecule has 0 saturated carbocycles. The fourth-order valence-electron chi connectivity index (χ4n) is 1.72. The van der Waals surface area contributed by atoms with E-state index in [1.165, 1.54) is 5.57 Å². The van der Waals surface area contributed by atoms with E-state index in [1.54, 1.807) is 0 Å². The summed E-state index contributed by atoms with van der Waals surface area (Å²) in [5, 5.41) is 12.1. The molecule has 0 saturated heterocycles. The van der Waals surface area contributed by atoms with Crippen molar-refractivity contribution in [1.29, 1.82) is 5.26 Å². The normalized spacial score (nSPS) is 12.1. The molecule has 1 N–H and O–H groups in total. The quantitative estimate of drug-likeness (QED) is 0.857. The summed E-state index contributed by atoms with van der Waals surface area (Å²) in [5.41, 5.74) is 2.44. The molecule has 0 spiro atoms. The van der Waals surface area contributed by atoms with Crippen LogP contribution in [-0.2, 0) is 0 Å². The third-order valence-electron chi connectivity index (χ3n) is 2.87. The Morgan fingerprint density at radius 3 is 2.65 bits per heavy atom. The smallest absolute Gasteiger partial charge is 0.174 e. The van der Waals surface area contributed by atoms with Gasteiger partial charge in [0.2, 0.25) is 0 Å². The van der Waals surface area contributed by atoms with Gasteiger partial charge in [-0.05, 0) is 33.3 Å². The number of nitrogens with one attached hydrogen (secondary N) is 1. The van der Waals surface area contributed by atoms with Gasteiger partial charge in [-0.3, -0.25) is 0 Å². The van der Waals surface area contributed by atoms with Crippen LogP contribution >= 0.6 is 0 Å². The summed E-state index contributed by atoms with van der Waals surface area (Å²) < 4.78 is 5.45. The zero-order chi connectivity index (χ0) is 15.0. The molecule has 0 fully saturated rings. The van der Waals surface area contributed by atoms with Gasteiger partial charge < -0.3 is 10.1 Å². The Labute approximate surface area is 122 Å². The minimum atomic E-state index is 0.0759. The maximum Gasteiger partial charge on any atom is 0.174 e. The first-order chi connectivity index (χ1) is 9.46. The van der Waals surface area contributed by atoms with E-state index >= 15 is 0 Å². The molecule has 20 heavy (non-hydrogen) atoms. The van der Waals surface area contributed by atoms with Crippen LogP contribution in [0.2, 0.25) is 0 Å². The topological polar surface area (TPSA) is 45.0 Å². The molecule has 0 bridgehead atoms. The summed E-state index contributed by atoms with van der Waals surface area (Å²) in [6.45, 7) is 9.55. The van der Waals surface area contributed by atoms with Gasteiger partial charge >= 0.3 is 0 Å². The van der Waals surface area contributed by atoms with Crippen molar-refractivity contribution in [3.05, 3.63) is 35.4 Å². The summed E-state index contributed by atoms with van der Waals surface area (Å²) in [5.74, 6) is 0.760. The van der Waals surface area contributed by atoms with E-state index in [1.807, 2.05) is 30.3 Å². The highest BCUT2D eigenvalue weighted by Crippen LogP contribution is 2.21. The monoisotopic (exact) mass is 272 g/mol. The van der Waals surface area contributed by atoms with Crippen LogP contribution in [0.15, 0.2) is 29.8 Å². The molecule has 0 aliphatic heterocycles. The summed E-state index contributed by atoms with van der Waals surface area (Å²) in [6, 6.07) is 9.81. The van der Waals surface area contributed by atoms with Gasteiger partial charge in [-0.15, -0.1) is 0 Å². The van der Waals surface area contributed by atoms with Crippen LogP contribution in [-0.4, -0.2) is 18.7 Å². The van der Waals surface area contributed by atoms with Crippen LogP contribution in [0.25, 0.3) is 6.08 Å². The van der Waals surface area contributed by atoms with Gasteiger partial charge in [-0.2, -0.15) is 5.26 Å². The molecule has 108 valence electrons. The number of rotatable bonds is 6. The van der Waals surface area contributed by atoms with Crippen molar-refractivity contribution in [1.82, 2.24) is 5.32 Å². The van der Waals surface area contributed by atoms with Crippen molar-refractivity contribution in [2.24, 2.45) is 0 Å². The van der Waals surface area contributed by atoms with Gasteiger partial charge in [0.1, 0.15) is 11.8 Å². The van der Waals surface area contributed by atoms with Crippen molar-refractivity contribution >= 4 is 6.08 Å². The van der Waals surface area contributed by atoms with Crippen LogP contribution < -0.4 is 10.1 Å². The summed E-state index contributed by atoms with van der Waals surface area (Å²) in [7, 11) is 0. The van der Waals surface area contributed by atoms with Crippen LogP contribution in [0.4, 0.5) is 0 Å². The van der Waals surface area contributed by atoms with Crippen molar-refractivity contribution in [3.63, 3.8) is 0 Å². The predicted octanol–water partition coefficient (Wildman–Crippen LogP) is 3.77. The molecule has 0 radical (unpaired) electrons. The SMILES string of the molecule is CCC(=Cc1ccccc1OCC#N)CNC(C)(C)C. The first kappa shape index (κ1) is 16.3. The van der Waals surface area contributed by atoms with Gasteiger partial charge in [-0.1, -0.05) is 36.8 Å². The van der Waals surface area contributed by atoms with E-state index in [0.29, 0.717) is 0 Å². The van der Waals surface area contributed by atoms with Gasteiger partial charge in [0.15, 0.2) is 6.61 Å². The third kappa shape index (κ3) is 5.90. The first-order valence-corrected chi connectivity index (χ1v) is 6.99. The highest BCUT2D eigenvalue weighted by Gasteiger charge is 2.09. The molecule has 0 heterocycles. The summed E-state index contributed by atoms with van der Waals surface area (Å²) in [6.07, 6.45) is 3.13. The number of benzene rings is 1. The Hall–Kier alpha value is -1.79. The van der Waals surface area contributed by atoms with Crippen molar-refractivity contribution in [2.45, 2.75) is 39.7 Å². The maximum absolute atomic E-state index is 8.62. The molecule has 1 aromatic carbocycles. The minimum absolute atomic E-state index is 0.0759. The van der Waals surface area contributed by atoms with E-state index < -0.39 is 0 Å². The second-order valence-corrected chi connectivity index (χ2v) is 5.74. The highest BCUT2D eigenvalue weighted by molar-refractivity contribution is 5.60. The molecule has 0 aliphatic rings. The number of nitrogens with zero attached hydrogens (tertiary/aromatic N) is 1. The van der Waals surface area contributed by atoms with Crippen LogP contribution in [0.5, 0.6) is 5.75 Å². The first-order valence-electron chi connectivity index (χ1n) is 6.99. The molecule has 3 nitrogen and oxygen atoms in total. The number of hydrogen-bond donors (Lipinski definition) is 1. The second-order valence-electron chi connectivity index (χ2n) is 5.74. The molecule has 0 aliphatic carbocycles. The Bertz CT molecular complexity index is 492. The van der Waals surface area contributed by atoms with E-state index in [9.17, 15) is 0 Å². The molecule has 0 aromatic heterocycles. The van der Waals surface area contributed by atoms with Crippen LogP contribution in [0.3, 0.4) is 0 Å². The lowest BCUT2D eigenvalue weighted by atomic mass is 10.0. The van der Waals surface area contributed by atoms with Crippen molar-refractivity contribution < 1.29 is 4.74 Å². The van der Waals surface area contributed by atoms with Gasteiger partial charge in [0.25, 0.3) is 0 Å². The number of hydrogen-bond acceptors (Lipinski definition) is 3. The average molecular weight is 272 g/mol. The van der Waals surface area contributed by atoms with Gasteiger partial charge in [-0.25, -0.2) is 0 Å². The zero-order valence-electron chi connectivity index (χ0n) is 12.9. The summed E-state index contributed by atoms with van der Waals surface area (Å²) in [4.78, 5) is 0. The number of nitriles is 1. The molecule has 0 unspecified atom stereocenters. The lowest BCUT2D eigenvalue weighted by molar-refractivity contribution is 0.367. The third-order valence-corrected chi connectivity index (χ3v) is 2.87. The minimum Gasteiger partial charge on any atom is -0.478 e. The Kier molecular flexibility index (Phi) is 6.27. The molecular formula is C17H24N2O. The number of para-hydroxylation sites is 1. The summed E-state index contributed by atoms with van der Waals surface area (Å²) >= 11 is 0. The standard InChI is InChI=1S/C17H24N2O/c1-5-14(13-19-17(2,3)4)12-15-8-6-7-9-16(15)20-11-10-18/h6-9,12,19H,5,11,13H2,1-4H3. The van der Waals surface area contributed by atoms with Crippen molar-refractivity contribution in [3.8, 4) is 11.8 Å². The Morgan fingerprint density at radius 2 is 2.05 bits per heavy atom. The average Bonchev–Trinajstić information content (AvgIpc) is 2.41. The van der Waals surface area contributed by atoms with E-state index in [4.69, 9.17) is 10.00 Å². The molecular weight excluding hydrogens is 248 g/mol. The van der Waals surface area contributed by atoms with Crippen LogP contribution in [0, 0.1) is 11.3 Å². The lowest BCUT2D eigenvalue weighted by Crippen LogP contribution is -2.36. The fourth-order valence-corrected chi connectivity index (χ4v) is 1.72. The second kappa shape index (κ2) is 7.72. The molecule has 0 amide bonds. The fraction of sp³-hybridized carbons (Fsp3) is 0.471. The molecule has 1 rings (SSSR count). The van der Waals surface area contributed by atoms with E-state index in [2.05, 4.69) is 39.1 Å². The number of ether oxygens (including phenoxy) is 1. The van der Waals surface area contributed by atoms with E-state index in [-0.39, 0.29) is 12.1 Å². The van der Waals surface area contributed by atoms with Gasteiger partial charge in [0.05, 0.1) is 0 Å². The lowest BCUT2D eigenvalue weighted by Gasteiger charge is -2.21. The predicted molar refractivity (Wildman–Crippen MR) is 83.6 cm³/mol. The Morgan fingerprint density at radius 1 is 1.35 bits per heavy atom. The molecule has 1 aromatic rings. The van der Waals surface area contributed by atoms with Crippen molar-refractivity contribution in [2.75, 3.05) is 13.2 Å². The largest absolute Gasteiger partial charge is 0.478 e. The van der Waals surface area contributed by atoms with Gasteiger partial charge in [0, 0.05) is 17.6 Å². The van der Waals surface area contributed by atoms with E-state index in [0.717, 1.165) is 24.3 Å². The highest BCUT2D eigenvalue weighted by atomic mass is 16.5. The molecule has 3 heteroatoms.